The summed E-state index contributed by atoms with van der Waals surface area (Å²) in [6.07, 6.45) is 1.98. The number of amides is 2. The van der Waals surface area contributed by atoms with Gasteiger partial charge in [0.15, 0.2) is 6.10 Å². The van der Waals surface area contributed by atoms with E-state index in [1.54, 1.807) is 36.1 Å². The topological polar surface area (TPSA) is 75.7 Å². The average Bonchev–Trinajstić information content (AvgIpc) is 3.19. The highest BCUT2D eigenvalue weighted by molar-refractivity contribution is 6.04. The summed E-state index contributed by atoms with van der Waals surface area (Å²) in [5, 5.41) is 2.99. The molecule has 1 N–H and O–H groups in total. The Kier molecular flexibility index (Phi) is 7.22. The molecule has 0 aliphatic carbocycles. The quantitative estimate of drug-likeness (QED) is 0.670. The number of esters is 1. The number of nitrogens with one attached hydrogen (secondary N) is 1. The van der Waals surface area contributed by atoms with E-state index in [1.165, 1.54) is 0 Å². The van der Waals surface area contributed by atoms with Gasteiger partial charge in [-0.2, -0.15) is 0 Å². The van der Waals surface area contributed by atoms with Gasteiger partial charge in [0.05, 0.1) is 17.3 Å². The van der Waals surface area contributed by atoms with Crippen LogP contribution in [-0.2, 0) is 14.3 Å². The van der Waals surface area contributed by atoms with Crippen LogP contribution >= 0.6 is 0 Å². The van der Waals surface area contributed by atoms with Crippen molar-refractivity contribution in [2.75, 3.05) is 11.4 Å². The maximum Gasteiger partial charge on any atom is 0.341 e. The first kappa shape index (κ1) is 21.6. The van der Waals surface area contributed by atoms with Crippen LogP contribution in [0.15, 0.2) is 54.6 Å². The third kappa shape index (κ3) is 5.06. The first-order chi connectivity index (χ1) is 14.5. The average molecular weight is 408 g/mol. The van der Waals surface area contributed by atoms with Gasteiger partial charge in [-0.05, 0) is 37.5 Å². The zero-order valence-electron chi connectivity index (χ0n) is 17.5. The Morgan fingerprint density at radius 1 is 1.10 bits per heavy atom. The van der Waals surface area contributed by atoms with E-state index in [2.05, 4.69) is 12.2 Å². The Morgan fingerprint density at radius 2 is 1.80 bits per heavy atom. The van der Waals surface area contributed by atoms with Gasteiger partial charge in [0.2, 0.25) is 5.91 Å². The second-order valence-corrected chi connectivity index (χ2v) is 7.47. The van der Waals surface area contributed by atoms with E-state index in [-0.39, 0.29) is 17.9 Å². The number of rotatable bonds is 8. The molecule has 0 unspecified atom stereocenters. The molecule has 1 aliphatic rings. The molecule has 2 aromatic rings. The minimum atomic E-state index is -0.956. The van der Waals surface area contributed by atoms with Crippen molar-refractivity contribution < 1.29 is 19.1 Å². The highest BCUT2D eigenvalue weighted by Gasteiger charge is 2.28. The highest BCUT2D eigenvalue weighted by Crippen LogP contribution is 2.26. The fourth-order valence-corrected chi connectivity index (χ4v) is 3.65. The predicted molar refractivity (Wildman–Crippen MR) is 115 cm³/mol. The Labute approximate surface area is 177 Å². The molecule has 6 nitrogen and oxygen atoms in total. The van der Waals surface area contributed by atoms with Crippen LogP contribution in [0.5, 0.6) is 0 Å². The third-order valence-corrected chi connectivity index (χ3v) is 5.24. The summed E-state index contributed by atoms with van der Waals surface area (Å²) in [5.74, 6) is -0.966. The van der Waals surface area contributed by atoms with Crippen LogP contribution in [0.2, 0.25) is 0 Å². The molecular formula is C24H28N2O4. The van der Waals surface area contributed by atoms with Gasteiger partial charge in [0.1, 0.15) is 0 Å². The monoisotopic (exact) mass is 408 g/mol. The van der Waals surface area contributed by atoms with Gasteiger partial charge >= 0.3 is 5.97 Å². The lowest BCUT2D eigenvalue weighted by atomic mass is 10.0. The van der Waals surface area contributed by atoms with Crippen LogP contribution < -0.4 is 10.2 Å². The minimum Gasteiger partial charge on any atom is -0.449 e. The largest absolute Gasteiger partial charge is 0.449 e. The number of anilines is 1. The summed E-state index contributed by atoms with van der Waals surface area (Å²) in [7, 11) is 0. The molecule has 0 aromatic heterocycles. The summed E-state index contributed by atoms with van der Waals surface area (Å²) in [5.41, 5.74) is 1.84. The highest BCUT2D eigenvalue weighted by atomic mass is 16.5. The lowest BCUT2D eigenvalue weighted by Gasteiger charge is -2.22. The van der Waals surface area contributed by atoms with E-state index in [1.807, 2.05) is 30.3 Å². The molecular weight excluding hydrogens is 380 g/mol. The van der Waals surface area contributed by atoms with Gasteiger partial charge < -0.3 is 15.0 Å². The summed E-state index contributed by atoms with van der Waals surface area (Å²) in [4.78, 5) is 39.2. The van der Waals surface area contributed by atoms with Crippen LogP contribution in [0.3, 0.4) is 0 Å². The van der Waals surface area contributed by atoms with Crippen molar-refractivity contribution in [2.24, 2.45) is 0 Å². The number of para-hydroxylation sites is 1. The van der Waals surface area contributed by atoms with E-state index >= 15 is 0 Å². The SMILES string of the molecule is CCC[C@@H](NC(=O)[C@@H](C)OC(=O)c1ccccc1N1CCCC1=O)c1ccccc1. The molecule has 6 heteroatoms. The molecule has 1 heterocycles. The zero-order chi connectivity index (χ0) is 21.5. The summed E-state index contributed by atoms with van der Waals surface area (Å²) < 4.78 is 5.46. The first-order valence-electron chi connectivity index (χ1n) is 10.5. The Balaban J connectivity index is 1.68. The van der Waals surface area contributed by atoms with Crippen LogP contribution in [0, 0.1) is 0 Å². The zero-order valence-corrected chi connectivity index (χ0v) is 17.5. The van der Waals surface area contributed by atoms with Gasteiger partial charge in [-0.25, -0.2) is 4.79 Å². The maximum atomic E-state index is 12.8. The van der Waals surface area contributed by atoms with Gasteiger partial charge in [-0.15, -0.1) is 0 Å². The van der Waals surface area contributed by atoms with Crippen molar-refractivity contribution in [1.29, 1.82) is 0 Å². The molecule has 1 fully saturated rings. The van der Waals surface area contributed by atoms with Crippen molar-refractivity contribution in [3.8, 4) is 0 Å². The predicted octanol–water partition coefficient (Wildman–Crippen LogP) is 4.02. The van der Waals surface area contributed by atoms with Crippen LogP contribution in [0.4, 0.5) is 5.69 Å². The lowest BCUT2D eigenvalue weighted by Crippen LogP contribution is -2.38. The van der Waals surface area contributed by atoms with Gasteiger partial charge in [0, 0.05) is 13.0 Å². The summed E-state index contributed by atoms with van der Waals surface area (Å²) >= 11 is 0. The smallest absolute Gasteiger partial charge is 0.341 e. The Morgan fingerprint density at radius 3 is 2.47 bits per heavy atom. The molecule has 2 amide bonds. The molecule has 30 heavy (non-hydrogen) atoms. The van der Waals surface area contributed by atoms with Gasteiger partial charge in [-0.3, -0.25) is 9.59 Å². The molecule has 0 saturated carbocycles. The minimum absolute atomic E-state index is 0.00805. The molecule has 0 spiro atoms. The molecule has 1 aliphatic heterocycles. The standard InChI is InChI=1S/C24H28N2O4/c1-3-10-20(18-11-5-4-6-12-18)25-23(28)17(2)30-24(29)19-13-7-8-14-21(19)26-16-9-15-22(26)27/h4-8,11-14,17,20H,3,9-10,15-16H2,1-2H3,(H,25,28)/t17-,20-/m1/s1. The van der Waals surface area contributed by atoms with E-state index in [4.69, 9.17) is 4.74 Å². The Bertz CT molecular complexity index is 897. The summed E-state index contributed by atoms with van der Waals surface area (Å²) in [6, 6.07) is 16.5. The Hall–Kier alpha value is -3.15. The second-order valence-electron chi connectivity index (χ2n) is 7.47. The molecule has 2 atom stereocenters. The van der Waals surface area contributed by atoms with E-state index in [0.717, 1.165) is 24.8 Å². The number of carbonyl (C=O) groups excluding carboxylic acids is 3. The van der Waals surface area contributed by atoms with Crippen molar-refractivity contribution in [2.45, 2.75) is 51.7 Å². The number of hydrogen-bond donors (Lipinski definition) is 1. The summed E-state index contributed by atoms with van der Waals surface area (Å²) in [6.45, 7) is 4.20. The number of benzene rings is 2. The molecule has 158 valence electrons. The number of carbonyl (C=O) groups is 3. The van der Waals surface area contributed by atoms with E-state index in [9.17, 15) is 14.4 Å². The van der Waals surface area contributed by atoms with Crippen molar-refractivity contribution >= 4 is 23.5 Å². The molecule has 2 aromatic carbocycles. The first-order valence-corrected chi connectivity index (χ1v) is 10.5. The van der Waals surface area contributed by atoms with E-state index < -0.39 is 12.1 Å². The maximum absolute atomic E-state index is 12.8. The third-order valence-electron chi connectivity index (χ3n) is 5.24. The fourth-order valence-electron chi connectivity index (χ4n) is 3.65. The molecule has 0 radical (unpaired) electrons. The van der Waals surface area contributed by atoms with Gasteiger partial charge in [0.25, 0.3) is 5.91 Å². The van der Waals surface area contributed by atoms with Crippen LogP contribution in [-0.4, -0.2) is 30.4 Å². The second kappa shape index (κ2) is 10.1. The molecule has 1 saturated heterocycles. The normalized spacial score (nSPS) is 15.5. The van der Waals surface area contributed by atoms with Gasteiger partial charge in [-0.1, -0.05) is 55.8 Å². The van der Waals surface area contributed by atoms with E-state index in [0.29, 0.717) is 24.2 Å². The van der Waals surface area contributed by atoms with Crippen molar-refractivity contribution in [3.05, 3.63) is 65.7 Å². The van der Waals surface area contributed by atoms with Crippen molar-refractivity contribution in [3.63, 3.8) is 0 Å². The molecule has 3 rings (SSSR count). The molecule has 0 bridgehead atoms. The number of ether oxygens (including phenoxy) is 1. The van der Waals surface area contributed by atoms with Crippen molar-refractivity contribution in [1.82, 2.24) is 5.32 Å². The lowest BCUT2D eigenvalue weighted by molar-refractivity contribution is -0.130. The van der Waals surface area contributed by atoms with Crippen LogP contribution in [0.25, 0.3) is 0 Å². The fraction of sp³-hybridized carbons (Fsp3) is 0.375. The number of hydrogen-bond acceptors (Lipinski definition) is 4. The van der Waals surface area contributed by atoms with Crippen LogP contribution in [0.1, 0.15) is 61.5 Å². The number of nitrogens with zero attached hydrogens (tertiary/aromatic N) is 1.